The maximum Gasteiger partial charge on any atom is 0.224 e. The maximum atomic E-state index is 12.2. The van der Waals surface area contributed by atoms with Crippen molar-refractivity contribution in [3.05, 3.63) is 65.2 Å². The zero-order chi connectivity index (χ0) is 17.6. The predicted molar refractivity (Wildman–Crippen MR) is 96.0 cm³/mol. The van der Waals surface area contributed by atoms with Crippen LogP contribution >= 0.6 is 0 Å². The van der Waals surface area contributed by atoms with E-state index in [1.807, 2.05) is 24.3 Å². The van der Waals surface area contributed by atoms with Gasteiger partial charge in [0.1, 0.15) is 5.75 Å². The third-order valence-electron chi connectivity index (χ3n) is 4.51. The third-order valence-corrected chi connectivity index (χ3v) is 4.51. The molecule has 0 aliphatic carbocycles. The molecule has 0 aromatic heterocycles. The van der Waals surface area contributed by atoms with Gasteiger partial charge in [0, 0.05) is 26.2 Å². The number of aliphatic hydroxyl groups is 1. The second-order valence-corrected chi connectivity index (χ2v) is 6.57. The van der Waals surface area contributed by atoms with E-state index in [-0.39, 0.29) is 24.2 Å². The Balaban J connectivity index is 1.56. The Kier molecular flexibility index (Phi) is 5.68. The molecule has 1 aliphatic heterocycles. The van der Waals surface area contributed by atoms with Crippen LogP contribution in [0.25, 0.3) is 0 Å². The summed E-state index contributed by atoms with van der Waals surface area (Å²) >= 11 is 0. The number of nitrogens with one attached hydrogen (secondary N) is 1. The molecule has 1 heterocycles. The molecule has 0 bridgehead atoms. The number of β-amino-alcohol motifs (C(OH)–C–C–N with tert-alkyl or cyclic N) is 1. The van der Waals surface area contributed by atoms with E-state index in [0.717, 1.165) is 30.6 Å². The first kappa shape index (κ1) is 17.5. The normalized spacial score (nSPS) is 17.6. The number of aliphatic hydroxyl groups excluding tert-OH is 1. The first-order valence-electron chi connectivity index (χ1n) is 8.62. The van der Waals surface area contributed by atoms with Crippen LogP contribution in [0.5, 0.6) is 5.75 Å². The Morgan fingerprint density at radius 3 is 2.68 bits per heavy atom. The number of aromatic hydroxyl groups is 1. The maximum absolute atomic E-state index is 12.2. The summed E-state index contributed by atoms with van der Waals surface area (Å²) in [5, 5.41) is 22.1. The number of nitrogens with zero attached hydrogens (tertiary/aromatic N) is 1. The Hall–Kier alpha value is -2.37. The summed E-state index contributed by atoms with van der Waals surface area (Å²) in [5.74, 6) is 0.0976. The van der Waals surface area contributed by atoms with Crippen molar-refractivity contribution in [3.63, 3.8) is 0 Å². The van der Waals surface area contributed by atoms with Gasteiger partial charge in [0.15, 0.2) is 0 Å². The quantitative estimate of drug-likeness (QED) is 0.750. The minimum Gasteiger partial charge on any atom is -0.508 e. The van der Waals surface area contributed by atoms with Gasteiger partial charge >= 0.3 is 0 Å². The predicted octanol–water partition coefficient (Wildman–Crippen LogP) is 1.82. The van der Waals surface area contributed by atoms with Crippen LogP contribution in [-0.2, 0) is 24.3 Å². The lowest BCUT2D eigenvalue weighted by atomic mass is 10.1. The number of rotatable bonds is 6. The van der Waals surface area contributed by atoms with E-state index in [9.17, 15) is 15.0 Å². The Bertz CT molecular complexity index is 732. The number of phenols is 1. The van der Waals surface area contributed by atoms with Gasteiger partial charge in [-0.25, -0.2) is 0 Å². The zero-order valence-corrected chi connectivity index (χ0v) is 14.2. The first-order valence-corrected chi connectivity index (χ1v) is 8.62. The van der Waals surface area contributed by atoms with E-state index in [4.69, 9.17) is 0 Å². The zero-order valence-electron chi connectivity index (χ0n) is 14.2. The van der Waals surface area contributed by atoms with E-state index in [1.165, 1.54) is 5.56 Å². The minimum absolute atomic E-state index is 0.0722. The van der Waals surface area contributed by atoms with Crippen LogP contribution in [0.15, 0.2) is 48.5 Å². The molecule has 1 amide bonds. The number of amides is 1. The van der Waals surface area contributed by atoms with Crippen LogP contribution in [0.4, 0.5) is 0 Å². The summed E-state index contributed by atoms with van der Waals surface area (Å²) in [6.45, 7) is 2.87. The number of carbonyl (C=O) groups is 1. The highest BCUT2D eigenvalue weighted by atomic mass is 16.3. The van der Waals surface area contributed by atoms with E-state index in [2.05, 4.69) is 16.3 Å². The number of benzene rings is 2. The summed E-state index contributed by atoms with van der Waals surface area (Å²) in [7, 11) is 0. The fourth-order valence-electron chi connectivity index (χ4n) is 3.19. The summed E-state index contributed by atoms with van der Waals surface area (Å²) in [6.07, 6.45) is 0.840. The summed E-state index contributed by atoms with van der Waals surface area (Å²) in [6, 6.07) is 14.8. The third kappa shape index (κ3) is 5.05. The second-order valence-electron chi connectivity index (χ2n) is 6.57. The molecular formula is C20H24N2O3. The SMILES string of the molecule is O=C(Cc1cccc(O)c1)NCc1ccccc1CN1CC[C@@H](O)C1. The number of carbonyl (C=O) groups excluding carboxylic acids is 1. The molecule has 1 fully saturated rings. The van der Waals surface area contributed by atoms with Crippen LogP contribution < -0.4 is 5.32 Å². The summed E-state index contributed by atoms with van der Waals surface area (Å²) in [5.41, 5.74) is 3.05. The summed E-state index contributed by atoms with van der Waals surface area (Å²) in [4.78, 5) is 14.4. The van der Waals surface area contributed by atoms with Gasteiger partial charge in [-0.05, 0) is 35.2 Å². The Morgan fingerprint density at radius 1 is 1.16 bits per heavy atom. The monoisotopic (exact) mass is 340 g/mol. The fourth-order valence-corrected chi connectivity index (χ4v) is 3.19. The standard InChI is InChI=1S/C20H24N2O3/c23-18-7-3-4-15(10-18)11-20(25)21-12-16-5-1-2-6-17(16)13-22-9-8-19(24)14-22/h1-7,10,19,23-24H,8-9,11-14H2,(H,21,25)/t19-/m1/s1. The molecule has 5 nitrogen and oxygen atoms in total. The van der Waals surface area contributed by atoms with Crippen molar-refractivity contribution in [3.8, 4) is 5.75 Å². The van der Waals surface area contributed by atoms with Gasteiger partial charge in [0.25, 0.3) is 0 Å². The van der Waals surface area contributed by atoms with Crippen LogP contribution in [0.2, 0.25) is 0 Å². The molecule has 1 atom stereocenters. The largest absolute Gasteiger partial charge is 0.508 e. The Labute approximate surface area is 147 Å². The minimum atomic E-state index is -0.228. The van der Waals surface area contributed by atoms with E-state index in [0.29, 0.717) is 13.1 Å². The number of likely N-dealkylation sites (tertiary alicyclic amines) is 1. The first-order chi connectivity index (χ1) is 12.1. The van der Waals surface area contributed by atoms with Crippen molar-refractivity contribution in [2.75, 3.05) is 13.1 Å². The van der Waals surface area contributed by atoms with Crippen molar-refractivity contribution in [2.45, 2.75) is 32.0 Å². The molecular weight excluding hydrogens is 316 g/mol. The molecule has 0 radical (unpaired) electrons. The van der Waals surface area contributed by atoms with Gasteiger partial charge in [-0.2, -0.15) is 0 Å². The van der Waals surface area contributed by atoms with Crippen molar-refractivity contribution >= 4 is 5.91 Å². The highest BCUT2D eigenvalue weighted by Gasteiger charge is 2.20. The van der Waals surface area contributed by atoms with Gasteiger partial charge in [0.05, 0.1) is 12.5 Å². The smallest absolute Gasteiger partial charge is 0.224 e. The van der Waals surface area contributed by atoms with Crippen molar-refractivity contribution in [1.82, 2.24) is 10.2 Å². The van der Waals surface area contributed by atoms with Crippen LogP contribution in [0, 0.1) is 0 Å². The van der Waals surface area contributed by atoms with Gasteiger partial charge < -0.3 is 15.5 Å². The van der Waals surface area contributed by atoms with E-state index >= 15 is 0 Å². The van der Waals surface area contributed by atoms with Crippen molar-refractivity contribution in [1.29, 1.82) is 0 Å². The van der Waals surface area contributed by atoms with E-state index < -0.39 is 0 Å². The van der Waals surface area contributed by atoms with Gasteiger partial charge in [-0.1, -0.05) is 36.4 Å². The fraction of sp³-hybridized carbons (Fsp3) is 0.350. The van der Waals surface area contributed by atoms with Crippen LogP contribution in [-0.4, -0.2) is 40.2 Å². The average Bonchev–Trinajstić information content (AvgIpc) is 2.99. The molecule has 5 heteroatoms. The molecule has 2 aromatic carbocycles. The lowest BCUT2D eigenvalue weighted by Gasteiger charge is -2.18. The molecule has 0 spiro atoms. The molecule has 0 saturated carbocycles. The highest BCUT2D eigenvalue weighted by Crippen LogP contribution is 2.17. The Morgan fingerprint density at radius 2 is 1.96 bits per heavy atom. The number of hydrogen-bond acceptors (Lipinski definition) is 4. The lowest BCUT2D eigenvalue weighted by Crippen LogP contribution is -2.26. The van der Waals surface area contributed by atoms with E-state index in [1.54, 1.807) is 18.2 Å². The van der Waals surface area contributed by atoms with Gasteiger partial charge in [-0.15, -0.1) is 0 Å². The van der Waals surface area contributed by atoms with Crippen LogP contribution in [0.1, 0.15) is 23.1 Å². The van der Waals surface area contributed by atoms with Gasteiger partial charge in [0.2, 0.25) is 5.91 Å². The average molecular weight is 340 g/mol. The molecule has 3 rings (SSSR count). The summed E-state index contributed by atoms with van der Waals surface area (Å²) < 4.78 is 0. The van der Waals surface area contributed by atoms with Gasteiger partial charge in [-0.3, -0.25) is 9.69 Å². The molecule has 1 aliphatic rings. The second kappa shape index (κ2) is 8.14. The van der Waals surface area contributed by atoms with Crippen LogP contribution in [0.3, 0.4) is 0 Å². The van der Waals surface area contributed by atoms with Crippen molar-refractivity contribution in [2.24, 2.45) is 0 Å². The molecule has 25 heavy (non-hydrogen) atoms. The molecule has 3 N–H and O–H groups in total. The molecule has 1 saturated heterocycles. The molecule has 132 valence electrons. The topological polar surface area (TPSA) is 72.8 Å². The number of phenolic OH excluding ortho intramolecular Hbond substituents is 1. The van der Waals surface area contributed by atoms with Crippen molar-refractivity contribution < 1.29 is 15.0 Å². The molecule has 0 unspecified atom stereocenters. The lowest BCUT2D eigenvalue weighted by molar-refractivity contribution is -0.120. The number of hydrogen-bond donors (Lipinski definition) is 3. The molecule has 2 aromatic rings. The highest BCUT2D eigenvalue weighted by molar-refractivity contribution is 5.78.